The number of benzene rings is 9. The van der Waals surface area contributed by atoms with Gasteiger partial charge in [0.1, 0.15) is 0 Å². The van der Waals surface area contributed by atoms with Crippen LogP contribution in [-0.2, 0) is 24.3 Å². The second kappa shape index (κ2) is 25.9. The van der Waals surface area contributed by atoms with Crippen molar-refractivity contribution in [2.24, 2.45) is 0 Å². The fourth-order valence-corrected chi connectivity index (χ4v) is 13.5. The average Bonchev–Trinajstić information content (AvgIpc) is 3.34. The molecule has 0 N–H and O–H groups in total. The molecule has 9 aromatic rings. The molecule has 0 heterocycles. The van der Waals surface area contributed by atoms with E-state index in [0.29, 0.717) is 0 Å². The third-order valence-corrected chi connectivity index (χ3v) is 16.5. The summed E-state index contributed by atoms with van der Waals surface area (Å²) < 4.78 is 0. The fraction of sp³-hybridized carbons (Fsp3) is 0. The van der Waals surface area contributed by atoms with Gasteiger partial charge in [0.2, 0.25) is 0 Å². The van der Waals surface area contributed by atoms with Gasteiger partial charge in [-0.25, -0.2) is 0 Å². The molecule has 0 amide bonds. The summed E-state index contributed by atoms with van der Waals surface area (Å²) in [5.74, 6) is 0. The van der Waals surface area contributed by atoms with Gasteiger partial charge < -0.3 is 6.22 Å². The Balaban J connectivity index is 0.000000194. The standard InChI is InChI=1S/3C18H15P.CHO.Rh.H/c3*1-4-10-16(11-5-1)19(17-12-6-2-7-13-17)18-14-8-3-9-15-18;1-2;;/h3*1-15H;1H;;/q;;;-1;;-1. The molecule has 0 aliphatic rings. The van der Waals surface area contributed by atoms with Gasteiger partial charge in [0.05, 0.1) is 0 Å². The number of hydrogen-bond donors (Lipinski definition) is 0. The average molecular weight is 920 g/mol. The van der Waals surface area contributed by atoms with E-state index in [4.69, 9.17) is 4.79 Å². The molecule has 0 unspecified atom stereocenters. The van der Waals surface area contributed by atoms with Crippen LogP contribution in [0.25, 0.3) is 0 Å². The van der Waals surface area contributed by atoms with E-state index in [2.05, 4.69) is 280 Å². The Labute approximate surface area is 374 Å². The van der Waals surface area contributed by atoms with E-state index in [9.17, 15) is 0 Å². The number of carbonyl (C=O) groups excluding carboxylic acids is 1. The Morgan fingerprint density at radius 2 is 0.283 bits per heavy atom. The van der Waals surface area contributed by atoms with Crippen LogP contribution in [0.5, 0.6) is 0 Å². The second-order valence-electron chi connectivity index (χ2n) is 13.0. The van der Waals surface area contributed by atoms with Crippen molar-refractivity contribution in [3.05, 3.63) is 273 Å². The summed E-state index contributed by atoms with van der Waals surface area (Å²) in [6.45, 7) is 3.25. The van der Waals surface area contributed by atoms with Gasteiger partial charge in [0.25, 0.3) is 0 Å². The topological polar surface area (TPSA) is 17.1 Å². The van der Waals surface area contributed by atoms with E-state index in [1.807, 2.05) is 0 Å². The first-order valence-electron chi connectivity index (χ1n) is 19.4. The molecular weight excluding hydrogens is 872 g/mol. The largest absolute Gasteiger partial charge is 1.00 e. The molecule has 9 aromatic carbocycles. The van der Waals surface area contributed by atoms with Crippen LogP contribution in [0.4, 0.5) is 0 Å². The van der Waals surface area contributed by atoms with Crippen molar-refractivity contribution >= 4 is 78.3 Å². The molecule has 0 aliphatic carbocycles. The van der Waals surface area contributed by atoms with Gasteiger partial charge in [-0.3, -0.25) is 6.79 Å². The van der Waals surface area contributed by atoms with Crippen LogP contribution >= 0.6 is 23.8 Å². The van der Waals surface area contributed by atoms with E-state index >= 15 is 0 Å². The first kappa shape index (κ1) is 45.6. The zero-order valence-electron chi connectivity index (χ0n) is 34.1. The molecule has 0 spiro atoms. The molecule has 0 saturated heterocycles. The summed E-state index contributed by atoms with van der Waals surface area (Å²) >= 11 is 0. The SMILES string of the molecule is [CH-]=O.[H-].[Rh].c1ccc(P(c2ccccc2)c2ccccc2)cc1.c1ccc(P(c2ccccc2)c2ccccc2)cc1.c1ccc(P(c2ccccc2)c2ccccc2)cc1. The monoisotopic (exact) mass is 919 g/mol. The second-order valence-corrected chi connectivity index (χ2v) is 19.7. The van der Waals surface area contributed by atoms with Gasteiger partial charge in [0.15, 0.2) is 0 Å². The van der Waals surface area contributed by atoms with Crippen molar-refractivity contribution in [3.8, 4) is 0 Å². The van der Waals surface area contributed by atoms with Gasteiger partial charge in [-0.2, -0.15) is 0 Å². The van der Waals surface area contributed by atoms with Gasteiger partial charge in [0, 0.05) is 19.5 Å². The molecule has 0 bridgehead atoms. The van der Waals surface area contributed by atoms with Gasteiger partial charge in [-0.05, 0) is 71.5 Å². The third kappa shape index (κ3) is 13.3. The fourth-order valence-electron chi connectivity index (χ4n) is 6.54. The zero-order valence-corrected chi connectivity index (χ0v) is 37.5. The quantitative estimate of drug-likeness (QED) is 0.0610. The van der Waals surface area contributed by atoms with Crippen molar-refractivity contribution in [3.63, 3.8) is 0 Å². The van der Waals surface area contributed by atoms with Gasteiger partial charge in [-0.15, -0.1) is 0 Å². The maximum atomic E-state index is 7.75. The summed E-state index contributed by atoms with van der Waals surface area (Å²) in [5, 5.41) is 12.6. The third-order valence-electron chi connectivity index (χ3n) is 9.13. The van der Waals surface area contributed by atoms with E-state index in [1.165, 1.54) is 47.7 Å². The van der Waals surface area contributed by atoms with Crippen LogP contribution in [0.15, 0.2) is 273 Å². The molecule has 299 valence electrons. The predicted molar refractivity (Wildman–Crippen MR) is 263 cm³/mol. The molecule has 0 aromatic heterocycles. The predicted octanol–water partition coefficient (Wildman–Crippen LogP) is 10.2. The molecule has 1 nitrogen and oxygen atoms in total. The van der Waals surface area contributed by atoms with Crippen LogP contribution in [0.2, 0.25) is 0 Å². The Bertz CT molecular complexity index is 1890. The Hall–Kier alpha value is -5.44. The van der Waals surface area contributed by atoms with Crippen molar-refractivity contribution in [2.75, 3.05) is 0 Å². The molecule has 0 atom stereocenters. The van der Waals surface area contributed by atoms with Crippen LogP contribution in [0, 0.1) is 0 Å². The minimum absolute atomic E-state index is 0. The van der Waals surface area contributed by atoms with E-state index < -0.39 is 23.8 Å². The first-order chi connectivity index (χ1) is 29.3. The van der Waals surface area contributed by atoms with Crippen LogP contribution in [0.3, 0.4) is 0 Å². The van der Waals surface area contributed by atoms with Crippen molar-refractivity contribution in [1.82, 2.24) is 0 Å². The normalized spacial score (nSPS) is 10.1. The minimum atomic E-state index is -0.446. The molecule has 0 fully saturated rings. The van der Waals surface area contributed by atoms with E-state index in [-0.39, 0.29) is 20.9 Å². The smallest absolute Gasteiger partial charge is 0 e. The van der Waals surface area contributed by atoms with E-state index in [0.717, 1.165) is 0 Å². The Kier molecular flexibility index (Phi) is 19.7. The number of rotatable bonds is 9. The van der Waals surface area contributed by atoms with Crippen molar-refractivity contribution in [1.29, 1.82) is 0 Å². The summed E-state index contributed by atoms with van der Waals surface area (Å²) in [6.07, 6.45) is 0. The molecule has 0 aliphatic heterocycles. The van der Waals surface area contributed by atoms with Crippen molar-refractivity contribution < 1.29 is 25.7 Å². The molecule has 9 rings (SSSR count). The summed E-state index contributed by atoms with van der Waals surface area (Å²) in [7, 11) is -1.34. The van der Waals surface area contributed by atoms with Crippen LogP contribution in [-0.4, -0.2) is 6.79 Å². The van der Waals surface area contributed by atoms with Gasteiger partial charge >= 0.3 is 0 Å². The minimum Gasteiger partial charge on any atom is -1.00 e. The molecular formula is C55H47OP3Rh-2. The number of hydrogen-bond acceptors (Lipinski definition) is 1. The molecule has 60 heavy (non-hydrogen) atoms. The first-order valence-corrected chi connectivity index (χ1v) is 23.5. The van der Waals surface area contributed by atoms with Crippen molar-refractivity contribution in [2.45, 2.75) is 0 Å². The van der Waals surface area contributed by atoms with Gasteiger partial charge in [-0.1, -0.05) is 273 Å². The molecule has 5 heteroatoms. The summed E-state index contributed by atoms with van der Waals surface area (Å²) in [4.78, 5) is 7.75. The van der Waals surface area contributed by atoms with E-state index in [1.54, 1.807) is 0 Å². The summed E-state index contributed by atoms with van der Waals surface area (Å²) in [5.41, 5.74) is 0. The van der Waals surface area contributed by atoms with Crippen LogP contribution in [0.1, 0.15) is 1.43 Å². The maximum Gasteiger partial charge on any atom is 0 e. The molecule has 1 radical (unpaired) electrons. The Morgan fingerprint density at radius 1 is 0.200 bits per heavy atom. The summed E-state index contributed by atoms with van der Waals surface area (Å²) in [6, 6.07) is 97.0. The maximum absolute atomic E-state index is 7.75. The Morgan fingerprint density at radius 3 is 0.367 bits per heavy atom. The zero-order chi connectivity index (χ0) is 40.7. The van der Waals surface area contributed by atoms with Crippen LogP contribution < -0.4 is 47.7 Å². The molecule has 0 saturated carbocycles.